The molecule has 0 spiro atoms. The predicted octanol–water partition coefficient (Wildman–Crippen LogP) is 1.35. The highest BCUT2D eigenvalue weighted by atomic mass is 32.2. The summed E-state index contributed by atoms with van der Waals surface area (Å²) in [6.07, 6.45) is 0.552. The Kier molecular flexibility index (Phi) is 8.53. The first kappa shape index (κ1) is 19.0. The van der Waals surface area contributed by atoms with Crippen molar-refractivity contribution in [2.45, 2.75) is 33.6 Å². The van der Waals surface area contributed by atoms with Crippen LogP contribution in [-0.2, 0) is 34.8 Å². The van der Waals surface area contributed by atoms with Crippen LogP contribution in [0, 0.1) is 5.41 Å². The van der Waals surface area contributed by atoms with Crippen molar-refractivity contribution in [2.24, 2.45) is 5.41 Å². The maximum Gasteiger partial charge on any atom is 0.310 e. The number of methoxy groups -OCH3 is 2. The van der Waals surface area contributed by atoms with Gasteiger partial charge in [-0.1, -0.05) is 20.8 Å². The minimum Gasteiger partial charge on any atom is -0.469 e. The Morgan fingerprint density at radius 3 is 1.60 bits per heavy atom. The molecule has 0 fully saturated rings. The van der Waals surface area contributed by atoms with Crippen molar-refractivity contribution in [1.82, 2.24) is 0 Å². The third-order valence-electron chi connectivity index (χ3n) is 2.82. The summed E-state index contributed by atoms with van der Waals surface area (Å²) in [7, 11) is 2.39. The molecule has 20 heavy (non-hydrogen) atoms. The molecular formula is C14H25O5S+. The molecule has 116 valence electrons. The molecule has 0 rings (SSSR count). The number of hydrogen-bond donors (Lipinski definition) is 0. The number of Topliss-reactive ketones (excluding diaryl/α,β-unsaturated/α-hetero) is 1. The van der Waals surface area contributed by atoms with Crippen LogP contribution in [0.25, 0.3) is 0 Å². The van der Waals surface area contributed by atoms with Crippen molar-refractivity contribution >= 4 is 28.6 Å². The smallest absolute Gasteiger partial charge is 0.310 e. The Bertz CT molecular complexity index is 326. The van der Waals surface area contributed by atoms with Gasteiger partial charge in [0.2, 0.25) is 0 Å². The summed E-state index contributed by atoms with van der Waals surface area (Å²) in [6.45, 7) is 5.62. The van der Waals surface area contributed by atoms with E-state index in [1.54, 1.807) is 0 Å². The molecule has 0 heterocycles. The van der Waals surface area contributed by atoms with Crippen LogP contribution < -0.4 is 0 Å². The summed E-state index contributed by atoms with van der Waals surface area (Å²) < 4.78 is 9.22. The van der Waals surface area contributed by atoms with E-state index in [0.717, 1.165) is 0 Å². The lowest BCUT2D eigenvalue weighted by Crippen LogP contribution is -2.32. The van der Waals surface area contributed by atoms with E-state index < -0.39 is 5.41 Å². The molecule has 0 aliphatic rings. The highest BCUT2D eigenvalue weighted by Crippen LogP contribution is 2.17. The van der Waals surface area contributed by atoms with Crippen LogP contribution in [0.4, 0.5) is 0 Å². The number of rotatable bonds is 8. The molecule has 0 atom stereocenters. The summed E-state index contributed by atoms with van der Waals surface area (Å²) in [5, 5.41) is 0. The van der Waals surface area contributed by atoms with E-state index in [-0.39, 0.29) is 41.5 Å². The zero-order chi connectivity index (χ0) is 15.8. The minimum atomic E-state index is -0.401. The topological polar surface area (TPSA) is 69.7 Å². The standard InChI is InChI=1S/C14H25O5S/c1-14(2,3)11(15)10-20(8-6-12(16)18-4)9-7-13(17)19-5/h6-10H2,1-5H3/q+1. The van der Waals surface area contributed by atoms with Crippen molar-refractivity contribution in [1.29, 1.82) is 0 Å². The molecule has 0 aliphatic heterocycles. The lowest BCUT2D eigenvalue weighted by Gasteiger charge is -2.16. The number of carbonyl (C=O) groups excluding carboxylic acids is 3. The van der Waals surface area contributed by atoms with Gasteiger partial charge in [-0.05, 0) is 10.9 Å². The van der Waals surface area contributed by atoms with Crippen LogP contribution in [0.3, 0.4) is 0 Å². The first-order chi connectivity index (χ1) is 9.20. The summed E-state index contributed by atoms with van der Waals surface area (Å²) >= 11 is 0. The zero-order valence-electron chi connectivity index (χ0n) is 13.0. The Balaban J connectivity index is 4.49. The quantitative estimate of drug-likeness (QED) is 0.500. The van der Waals surface area contributed by atoms with Crippen LogP contribution in [-0.4, -0.2) is 49.2 Å². The van der Waals surface area contributed by atoms with Gasteiger partial charge in [-0.25, -0.2) is 0 Å². The Morgan fingerprint density at radius 2 is 1.30 bits per heavy atom. The molecule has 0 radical (unpaired) electrons. The average molecular weight is 305 g/mol. The van der Waals surface area contributed by atoms with Crippen LogP contribution >= 0.6 is 0 Å². The Morgan fingerprint density at radius 1 is 0.900 bits per heavy atom. The molecule has 0 bridgehead atoms. The maximum atomic E-state index is 12.1. The summed E-state index contributed by atoms with van der Waals surface area (Å²) in [4.78, 5) is 34.5. The van der Waals surface area contributed by atoms with Crippen molar-refractivity contribution in [3.8, 4) is 0 Å². The number of carbonyl (C=O) groups is 3. The molecule has 0 aliphatic carbocycles. The SMILES string of the molecule is COC(=O)CC[S+](CCC(=O)OC)CC(=O)C(C)(C)C. The lowest BCUT2D eigenvalue weighted by molar-refractivity contribution is -0.140. The molecule has 0 unspecified atom stereocenters. The van der Waals surface area contributed by atoms with Crippen LogP contribution in [0.5, 0.6) is 0 Å². The molecule has 0 N–H and O–H groups in total. The van der Waals surface area contributed by atoms with Gasteiger partial charge in [-0.15, -0.1) is 0 Å². The molecule has 0 saturated heterocycles. The molecule has 6 heteroatoms. The molecule has 0 aromatic rings. The number of esters is 2. The molecule has 0 aromatic heterocycles. The van der Waals surface area contributed by atoms with Crippen molar-refractivity contribution in [3.05, 3.63) is 0 Å². The van der Waals surface area contributed by atoms with Gasteiger partial charge in [0.1, 0.15) is 11.5 Å². The van der Waals surface area contributed by atoms with E-state index in [1.807, 2.05) is 20.8 Å². The maximum absolute atomic E-state index is 12.1. The fourth-order valence-corrected chi connectivity index (χ4v) is 3.52. The van der Waals surface area contributed by atoms with E-state index in [9.17, 15) is 14.4 Å². The van der Waals surface area contributed by atoms with Crippen LogP contribution in [0.2, 0.25) is 0 Å². The first-order valence-corrected chi connectivity index (χ1v) is 8.25. The number of hydrogen-bond acceptors (Lipinski definition) is 5. The van der Waals surface area contributed by atoms with Gasteiger partial charge in [0.15, 0.2) is 11.5 Å². The average Bonchev–Trinajstić information content (AvgIpc) is 2.39. The predicted molar refractivity (Wildman–Crippen MR) is 79.7 cm³/mol. The van der Waals surface area contributed by atoms with E-state index >= 15 is 0 Å². The zero-order valence-corrected chi connectivity index (χ0v) is 13.8. The second-order valence-electron chi connectivity index (χ2n) is 5.49. The fourth-order valence-electron chi connectivity index (χ4n) is 1.31. The van der Waals surface area contributed by atoms with Gasteiger partial charge in [-0.2, -0.15) is 0 Å². The normalized spacial score (nSPS) is 11.3. The van der Waals surface area contributed by atoms with Crippen molar-refractivity contribution in [2.75, 3.05) is 31.5 Å². The van der Waals surface area contributed by atoms with E-state index in [0.29, 0.717) is 17.3 Å². The lowest BCUT2D eigenvalue weighted by atomic mass is 9.92. The van der Waals surface area contributed by atoms with Gasteiger partial charge in [-0.3, -0.25) is 14.4 Å². The van der Waals surface area contributed by atoms with Gasteiger partial charge < -0.3 is 9.47 Å². The third-order valence-corrected chi connectivity index (χ3v) is 5.05. The summed E-state index contributed by atoms with van der Waals surface area (Å²) in [5.74, 6) is 1.12. The fraction of sp³-hybridized carbons (Fsp3) is 0.786. The monoisotopic (exact) mass is 305 g/mol. The Labute approximate surface area is 123 Å². The highest BCUT2D eigenvalue weighted by Gasteiger charge is 2.31. The first-order valence-electron chi connectivity index (χ1n) is 6.51. The van der Waals surface area contributed by atoms with Gasteiger partial charge in [0.25, 0.3) is 0 Å². The van der Waals surface area contributed by atoms with E-state index in [2.05, 4.69) is 9.47 Å². The minimum absolute atomic E-state index is 0.149. The van der Waals surface area contributed by atoms with Crippen LogP contribution in [0.15, 0.2) is 0 Å². The number of ketones is 1. The third kappa shape index (κ3) is 8.19. The van der Waals surface area contributed by atoms with E-state index in [4.69, 9.17) is 0 Å². The Hall–Kier alpha value is -1.04. The van der Waals surface area contributed by atoms with Crippen molar-refractivity contribution in [3.63, 3.8) is 0 Å². The summed E-state index contributed by atoms with van der Waals surface area (Å²) in [6, 6.07) is 0. The second-order valence-corrected chi connectivity index (χ2v) is 7.82. The van der Waals surface area contributed by atoms with Gasteiger partial charge >= 0.3 is 11.9 Å². The van der Waals surface area contributed by atoms with Crippen molar-refractivity contribution < 1.29 is 23.9 Å². The molecule has 0 amide bonds. The second kappa shape index (κ2) is 9.00. The largest absolute Gasteiger partial charge is 0.469 e. The van der Waals surface area contributed by atoms with Gasteiger partial charge in [0.05, 0.1) is 27.1 Å². The van der Waals surface area contributed by atoms with E-state index in [1.165, 1.54) is 14.2 Å². The summed E-state index contributed by atoms with van der Waals surface area (Å²) in [5.41, 5.74) is -0.401. The molecule has 0 saturated carbocycles. The number of ether oxygens (including phenoxy) is 2. The van der Waals surface area contributed by atoms with Crippen LogP contribution in [0.1, 0.15) is 33.6 Å². The molecular weight excluding hydrogens is 280 g/mol. The highest BCUT2D eigenvalue weighted by molar-refractivity contribution is 7.97. The molecule has 0 aromatic carbocycles. The van der Waals surface area contributed by atoms with Gasteiger partial charge in [0, 0.05) is 5.41 Å². The molecule has 5 nitrogen and oxygen atoms in total.